The van der Waals surface area contributed by atoms with Crippen molar-refractivity contribution >= 4 is 5.78 Å². The Labute approximate surface area is 168 Å². The molecule has 2 aromatic rings. The second kappa shape index (κ2) is 8.48. The summed E-state index contributed by atoms with van der Waals surface area (Å²) in [5.74, 6) is 1.12. The molecule has 0 amide bonds. The number of ketones is 1. The standard InChI is InChI=1S/C25H31NO2/c1-18(2)28-24-14-7-6-13-23(24)25(27)20-15-21-11-8-12-22(16-20)26(21)17-19-9-4-3-5-10-19/h3-7,9-10,13-14,18,20-22H,8,11-12,15-17H2,1-2H3. The minimum Gasteiger partial charge on any atom is -0.490 e. The number of piperidine rings is 2. The number of fused-ring (bicyclic) bond motifs is 2. The zero-order valence-corrected chi connectivity index (χ0v) is 17.0. The maximum absolute atomic E-state index is 13.4. The van der Waals surface area contributed by atoms with Gasteiger partial charge in [0.2, 0.25) is 0 Å². The third-order valence-electron chi connectivity index (χ3n) is 6.22. The van der Waals surface area contributed by atoms with Crippen LogP contribution in [0.2, 0.25) is 0 Å². The molecule has 4 rings (SSSR count). The molecule has 0 spiro atoms. The predicted molar refractivity (Wildman–Crippen MR) is 113 cm³/mol. The summed E-state index contributed by atoms with van der Waals surface area (Å²) in [6.45, 7) is 5.02. The molecule has 3 nitrogen and oxygen atoms in total. The van der Waals surface area contributed by atoms with Crippen molar-refractivity contribution in [1.82, 2.24) is 4.90 Å². The van der Waals surface area contributed by atoms with Crippen molar-refractivity contribution in [1.29, 1.82) is 0 Å². The van der Waals surface area contributed by atoms with Crippen molar-refractivity contribution in [2.75, 3.05) is 0 Å². The summed E-state index contributed by atoms with van der Waals surface area (Å²) >= 11 is 0. The molecule has 2 aromatic carbocycles. The molecule has 2 unspecified atom stereocenters. The van der Waals surface area contributed by atoms with Crippen molar-refractivity contribution in [3.8, 4) is 5.75 Å². The number of para-hydroxylation sites is 1. The fourth-order valence-electron chi connectivity index (χ4n) is 4.99. The summed E-state index contributed by atoms with van der Waals surface area (Å²) in [7, 11) is 0. The Bertz CT molecular complexity index is 787. The average Bonchev–Trinajstić information content (AvgIpc) is 2.68. The minimum atomic E-state index is 0.0704. The largest absolute Gasteiger partial charge is 0.490 e. The highest BCUT2D eigenvalue weighted by Crippen LogP contribution is 2.40. The van der Waals surface area contributed by atoms with Crippen molar-refractivity contribution in [2.24, 2.45) is 5.92 Å². The summed E-state index contributed by atoms with van der Waals surface area (Å²) in [6, 6.07) is 19.5. The van der Waals surface area contributed by atoms with E-state index in [1.54, 1.807) is 0 Å². The highest BCUT2D eigenvalue weighted by Gasteiger charge is 2.41. The molecule has 0 aliphatic carbocycles. The molecule has 2 heterocycles. The van der Waals surface area contributed by atoms with Crippen molar-refractivity contribution in [3.05, 3.63) is 65.7 Å². The smallest absolute Gasteiger partial charge is 0.169 e. The van der Waals surface area contributed by atoms with E-state index in [0.29, 0.717) is 12.1 Å². The maximum Gasteiger partial charge on any atom is 0.169 e. The molecule has 2 atom stereocenters. The lowest BCUT2D eigenvalue weighted by Crippen LogP contribution is -2.52. The molecule has 2 saturated heterocycles. The molecule has 148 valence electrons. The van der Waals surface area contributed by atoms with Gasteiger partial charge in [0, 0.05) is 24.5 Å². The van der Waals surface area contributed by atoms with Crippen LogP contribution in [0.25, 0.3) is 0 Å². The molecule has 0 aromatic heterocycles. The van der Waals surface area contributed by atoms with Crippen molar-refractivity contribution < 1.29 is 9.53 Å². The molecule has 0 radical (unpaired) electrons. The van der Waals surface area contributed by atoms with Crippen molar-refractivity contribution in [2.45, 2.75) is 70.7 Å². The number of nitrogens with zero attached hydrogens (tertiary/aromatic N) is 1. The lowest BCUT2D eigenvalue weighted by molar-refractivity contribution is 0.00895. The Balaban J connectivity index is 1.51. The SMILES string of the molecule is CC(C)Oc1ccccc1C(=O)C1CC2CCCC(C1)N2Cc1ccccc1. The Morgan fingerprint density at radius 1 is 1.00 bits per heavy atom. The van der Waals surface area contributed by atoms with Crippen LogP contribution in [-0.2, 0) is 6.54 Å². The van der Waals surface area contributed by atoms with E-state index < -0.39 is 0 Å². The Hall–Kier alpha value is -2.13. The topological polar surface area (TPSA) is 29.5 Å². The molecule has 3 heteroatoms. The van der Waals surface area contributed by atoms with Gasteiger partial charge in [-0.25, -0.2) is 0 Å². The summed E-state index contributed by atoms with van der Waals surface area (Å²) in [5.41, 5.74) is 2.13. The lowest BCUT2D eigenvalue weighted by atomic mass is 9.75. The Kier molecular flexibility index (Phi) is 5.82. The number of carbonyl (C=O) groups is 1. The average molecular weight is 378 g/mol. The third-order valence-corrected chi connectivity index (χ3v) is 6.22. The molecular weight excluding hydrogens is 346 g/mol. The van der Waals surface area contributed by atoms with Crippen molar-refractivity contribution in [3.63, 3.8) is 0 Å². The van der Waals surface area contributed by atoms with Gasteiger partial charge >= 0.3 is 0 Å². The zero-order valence-electron chi connectivity index (χ0n) is 17.0. The van der Waals surface area contributed by atoms with Gasteiger partial charge in [0.25, 0.3) is 0 Å². The molecular formula is C25H31NO2. The quantitative estimate of drug-likeness (QED) is 0.624. The summed E-state index contributed by atoms with van der Waals surface area (Å²) in [5, 5.41) is 0. The van der Waals surface area contributed by atoms with Gasteiger partial charge in [-0.05, 0) is 57.2 Å². The monoisotopic (exact) mass is 377 g/mol. The Morgan fingerprint density at radius 3 is 2.32 bits per heavy atom. The van der Waals surface area contributed by atoms with Crippen LogP contribution in [0.4, 0.5) is 0 Å². The number of Topliss-reactive ketones (excluding diaryl/α,β-unsaturated/α-hetero) is 1. The van der Waals surface area contributed by atoms with E-state index in [9.17, 15) is 4.79 Å². The van der Waals surface area contributed by atoms with Gasteiger partial charge in [-0.1, -0.05) is 48.9 Å². The van der Waals surface area contributed by atoms with E-state index in [1.807, 2.05) is 38.1 Å². The number of ether oxygens (including phenoxy) is 1. The van der Waals surface area contributed by atoms with Crippen LogP contribution < -0.4 is 4.74 Å². The fraction of sp³-hybridized carbons (Fsp3) is 0.480. The molecule has 28 heavy (non-hydrogen) atoms. The second-order valence-electron chi connectivity index (χ2n) is 8.59. The maximum atomic E-state index is 13.4. The van der Waals surface area contributed by atoms with Crippen LogP contribution in [-0.4, -0.2) is 28.9 Å². The van der Waals surface area contributed by atoms with E-state index in [-0.39, 0.29) is 17.8 Å². The fourth-order valence-corrected chi connectivity index (χ4v) is 4.99. The minimum absolute atomic E-state index is 0.0704. The normalized spacial score (nSPS) is 24.9. The zero-order chi connectivity index (χ0) is 19.5. The van der Waals surface area contributed by atoms with Gasteiger partial charge in [-0.2, -0.15) is 0 Å². The first-order chi connectivity index (χ1) is 13.6. The molecule has 0 N–H and O–H groups in total. The highest BCUT2D eigenvalue weighted by atomic mass is 16.5. The number of carbonyl (C=O) groups excluding carboxylic acids is 1. The Morgan fingerprint density at radius 2 is 1.64 bits per heavy atom. The summed E-state index contributed by atoms with van der Waals surface area (Å²) < 4.78 is 5.92. The third kappa shape index (κ3) is 4.15. The van der Waals surface area contributed by atoms with Crippen LogP contribution in [0.5, 0.6) is 5.75 Å². The molecule has 2 aliphatic rings. The number of hydrogen-bond donors (Lipinski definition) is 0. The summed E-state index contributed by atoms with van der Waals surface area (Å²) in [4.78, 5) is 16.1. The van der Waals surface area contributed by atoms with Gasteiger partial charge in [0.15, 0.2) is 5.78 Å². The van der Waals surface area contributed by atoms with E-state index in [0.717, 1.165) is 30.7 Å². The van der Waals surface area contributed by atoms with Gasteiger partial charge in [0.1, 0.15) is 5.75 Å². The molecule has 2 fully saturated rings. The molecule has 0 saturated carbocycles. The lowest BCUT2D eigenvalue weighted by Gasteiger charge is -2.48. The van der Waals surface area contributed by atoms with Crippen LogP contribution in [0, 0.1) is 5.92 Å². The van der Waals surface area contributed by atoms with Gasteiger partial charge < -0.3 is 4.74 Å². The number of benzene rings is 2. The van der Waals surface area contributed by atoms with Crippen LogP contribution in [0.3, 0.4) is 0 Å². The first-order valence-corrected chi connectivity index (χ1v) is 10.7. The van der Waals surface area contributed by atoms with E-state index in [1.165, 1.54) is 24.8 Å². The summed E-state index contributed by atoms with van der Waals surface area (Å²) in [6.07, 6.45) is 5.71. The van der Waals surface area contributed by atoms with E-state index in [4.69, 9.17) is 4.74 Å². The number of hydrogen-bond acceptors (Lipinski definition) is 3. The molecule has 2 aliphatic heterocycles. The first kappa shape index (κ1) is 19.2. The van der Waals surface area contributed by atoms with Gasteiger partial charge in [-0.3, -0.25) is 9.69 Å². The van der Waals surface area contributed by atoms with Gasteiger partial charge in [-0.15, -0.1) is 0 Å². The van der Waals surface area contributed by atoms with Crippen LogP contribution in [0.15, 0.2) is 54.6 Å². The highest BCUT2D eigenvalue weighted by molar-refractivity contribution is 6.00. The van der Waals surface area contributed by atoms with Crippen LogP contribution >= 0.6 is 0 Å². The number of rotatable bonds is 6. The predicted octanol–water partition coefficient (Wildman–Crippen LogP) is 5.49. The van der Waals surface area contributed by atoms with E-state index in [2.05, 4.69) is 35.2 Å². The van der Waals surface area contributed by atoms with Crippen LogP contribution in [0.1, 0.15) is 61.9 Å². The first-order valence-electron chi connectivity index (χ1n) is 10.7. The molecule has 2 bridgehead atoms. The van der Waals surface area contributed by atoms with E-state index >= 15 is 0 Å². The second-order valence-corrected chi connectivity index (χ2v) is 8.59. The van der Waals surface area contributed by atoms with Gasteiger partial charge in [0.05, 0.1) is 11.7 Å².